The molecule has 0 aliphatic heterocycles. The topological polar surface area (TPSA) is 74.6 Å². The molecule has 0 spiro atoms. The summed E-state index contributed by atoms with van der Waals surface area (Å²) in [5, 5.41) is 15.8. The number of carboxylic acids is 2. The number of hydrogen-bond donors (Lipinski definition) is 2. The van der Waals surface area contributed by atoms with Crippen LogP contribution in [0.3, 0.4) is 0 Å². The van der Waals surface area contributed by atoms with Gasteiger partial charge in [0.15, 0.2) is 0 Å². The maximum atomic E-state index is 9.62. The largest absolute Gasteiger partial charge is 0.478 e. The normalized spacial score (nSPS) is 9.14. The van der Waals surface area contributed by atoms with Crippen molar-refractivity contribution < 1.29 is 19.8 Å². The molecule has 76 valence electrons. The fourth-order valence-electron chi connectivity index (χ4n) is 0.301. The summed E-state index contributed by atoms with van der Waals surface area (Å²) in [5.74, 6) is -1.89. The predicted molar refractivity (Wildman–Crippen MR) is 53.9 cm³/mol. The fourth-order valence-corrected chi connectivity index (χ4v) is 0.301. The van der Waals surface area contributed by atoms with Crippen LogP contribution in [0.1, 0.15) is 0 Å². The van der Waals surface area contributed by atoms with Crippen LogP contribution in [0.25, 0.3) is 0 Å². The summed E-state index contributed by atoms with van der Waals surface area (Å²) in [6.45, 7) is 6.56. The minimum atomic E-state index is -0.945. The van der Waals surface area contributed by atoms with Crippen LogP contribution < -0.4 is 0 Å². The van der Waals surface area contributed by atoms with E-state index >= 15 is 0 Å². The first-order valence-electron chi connectivity index (χ1n) is 3.58. The maximum absolute atomic E-state index is 9.62. The molecule has 4 heteroatoms. The molecule has 0 heterocycles. The predicted octanol–water partition coefficient (Wildman–Crippen LogP) is 1.63. The summed E-state index contributed by atoms with van der Waals surface area (Å²) >= 11 is 0. The molecule has 0 unspecified atom stereocenters. The van der Waals surface area contributed by atoms with Gasteiger partial charge in [-0.3, -0.25) is 0 Å². The Balaban J connectivity index is 0. The highest BCUT2D eigenvalue weighted by Crippen LogP contribution is 1.70. The van der Waals surface area contributed by atoms with E-state index in [-0.39, 0.29) is 0 Å². The van der Waals surface area contributed by atoms with Crippen molar-refractivity contribution in [1.29, 1.82) is 0 Å². The Morgan fingerprint density at radius 2 is 1.14 bits per heavy atom. The summed E-state index contributed by atoms with van der Waals surface area (Å²) in [6.07, 6.45) is 7.59. The lowest BCUT2D eigenvalue weighted by Gasteiger charge is -1.70. The van der Waals surface area contributed by atoms with Crippen molar-refractivity contribution in [2.45, 2.75) is 0 Å². The van der Waals surface area contributed by atoms with E-state index in [2.05, 4.69) is 13.2 Å². The summed E-state index contributed by atoms with van der Waals surface area (Å²) in [6, 6.07) is 0. The third kappa shape index (κ3) is 22.5. The molecule has 0 saturated heterocycles. The van der Waals surface area contributed by atoms with Gasteiger partial charge < -0.3 is 10.2 Å². The molecule has 0 aromatic carbocycles. The van der Waals surface area contributed by atoms with Crippen molar-refractivity contribution in [2.24, 2.45) is 0 Å². The van der Waals surface area contributed by atoms with E-state index in [4.69, 9.17) is 10.2 Å². The molecular weight excluding hydrogens is 184 g/mol. The summed E-state index contributed by atoms with van der Waals surface area (Å²) in [7, 11) is 0. The lowest BCUT2D eigenvalue weighted by molar-refractivity contribution is -0.132. The Kier molecular flexibility index (Phi) is 11.2. The van der Waals surface area contributed by atoms with E-state index in [9.17, 15) is 9.59 Å². The molecule has 0 radical (unpaired) electrons. The van der Waals surface area contributed by atoms with E-state index < -0.39 is 11.9 Å². The van der Waals surface area contributed by atoms with Gasteiger partial charge in [-0.05, 0) is 0 Å². The number of rotatable bonds is 4. The molecule has 0 atom stereocenters. The van der Waals surface area contributed by atoms with Crippen LogP contribution in [-0.2, 0) is 9.59 Å². The monoisotopic (exact) mass is 196 g/mol. The van der Waals surface area contributed by atoms with Gasteiger partial charge in [-0.25, -0.2) is 9.59 Å². The number of carboxylic acid groups (broad SMARTS) is 2. The number of allylic oxidation sites excluding steroid dienone is 4. The van der Waals surface area contributed by atoms with Gasteiger partial charge in [-0.15, -0.1) is 0 Å². The van der Waals surface area contributed by atoms with Gasteiger partial charge in [-0.1, -0.05) is 37.5 Å². The Morgan fingerprint density at radius 1 is 0.857 bits per heavy atom. The first kappa shape index (κ1) is 14.4. The van der Waals surface area contributed by atoms with Crippen molar-refractivity contribution in [2.75, 3.05) is 0 Å². The Hall–Kier alpha value is -2.10. The summed E-state index contributed by atoms with van der Waals surface area (Å²) in [4.78, 5) is 19.2. The van der Waals surface area contributed by atoms with Crippen LogP contribution in [0.15, 0.2) is 49.6 Å². The highest BCUT2D eigenvalue weighted by molar-refractivity contribution is 5.80. The number of hydrogen-bond acceptors (Lipinski definition) is 2. The number of carbonyl (C=O) groups is 2. The zero-order chi connectivity index (χ0) is 11.4. The third-order valence-electron chi connectivity index (χ3n) is 0.750. The smallest absolute Gasteiger partial charge is 0.328 e. The van der Waals surface area contributed by atoms with E-state index in [0.29, 0.717) is 0 Å². The van der Waals surface area contributed by atoms with Gasteiger partial charge >= 0.3 is 11.9 Å². The lowest BCUT2D eigenvalue weighted by atomic mass is 10.5. The van der Waals surface area contributed by atoms with Crippen LogP contribution in [0.5, 0.6) is 0 Å². The van der Waals surface area contributed by atoms with Gasteiger partial charge in [-0.2, -0.15) is 0 Å². The Morgan fingerprint density at radius 3 is 1.21 bits per heavy atom. The van der Waals surface area contributed by atoms with Crippen molar-refractivity contribution in [3.63, 3.8) is 0 Å². The van der Waals surface area contributed by atoms with Crippen molar-refractivity contribution in [3.05, 3.63) is 49.6 Å². The molecule has 0 amide bonds. The van der Waals surface area contributed by atoms with Crippen molar-refractivity contribution in [3.8, 4) is 0 Å². The maximum Gasteiger partial charge on any atom is 0.328 e. The van der Waals surface area contributed by atoms with Gasteiger partial charge in [0.05, 0.1) is 0 Å². The van der Waals surface area contributed by atoms with Gasteiger partial charge in [0.25, 0.3) is 0 Å². The van der Waals surface area contributed by atoms with Gasteiger partial charge in [0, 0.05) is 12.2 Å². The zero-order valence-electron chi connectivity index (χ0n) is 7.59. The Labute approximate surface area is 82.2 Å². The zero-order valence-corrected chi connectivity index (χ0v) is 7.59. The molecule has 0 aliphatic carbocycles. The minimum absolute atomic E-state index is 0.945. The first-order valence-corrected chi connectivity index (χ1v) is 3.58. The second kappa shape index (κ2) is 10.9. The molecule has 0 rings (SSSR count). The van der Waals surface area contributed by atoms with Crippen LogP contribution in [0.4, 0.5) is 0 Å². The van der Waals surface area contributed by atoms with E-state index in [1.165, 1.54) is 24.3 Å². The molecule has 0 aliphatic rings. The van der Waals surface area contributed by atoms with Crippen molar-refractivity contribution >= 4 is 11.9 Å². The highest BCUT2D eigenvalue weighted by Gasteiger charge is 1.78. The third-order valence-corrected chi connectivity index (χ3v) is 0.750. The summed E-state index contributed by atoms with van der Waals surface area (Å²) < 4.78 is 0. The van der Waals surface area contributed by atoms with Crippen LogP contribution in [-0.4, -0.2) is 22.2 Å². The lowest BCUT2D eigenvalue weighted by Crippen LogP contribution is -1.83. The minimum Gasteiger partial charge on any atom is -0.478 e. The quantitative estimate of drug-likeness (QED) is 0.529. The molecule has 14 heavy (non-hydrogen) atoms. The molecular formula is C10H12O4. The van der Waals surface area contributed by atoms with Crippen LogP contribution >= 0.6 is 0 Å². The molecule has 2 N–H and O–H groups in total. The van der Waals surface area contributed by atoms with E-state index in [0.717, 1.165) is 12.2 Å². The van der Waals surface area contributed by atoms with Crippen LogP contribution in [0, 0.1) is 0 Å². The average molecular weight is 196 g/mol. The standard InChI is InChI=1S/2C5H6O2/c2*1-2-3-4-5(6)7/h2*2-4H,1H2,(H,6,7). The van der Waals surface area contributed by atoms with Crippen LogP contribution in [0.2, 0.25) is 0 Å². The number of aliphatic carboxylic acids is 2. The molecule has 0 bridgehead atoms. The molecule has 0 saturated carbocycles. The average Bonchev–Trinajstić information content (AvgIpc) is 2.12. The van der Waals surface area contributed by atoms with Gasteiger partial charge in [0.1, 0.15) is 0 Å². The van der Waals surface area contributed by atoms with E-state index in [1.807, 2.05) is 0 Å². The molecule has 0 aromatic rings. The van der Waals surface area contributed by atoms with E-state index in [1.54, 1.807) is 0 Å². The summed E-state index contributed by atoms with van der Waals surface area (Å²) in [5.41, 5.74) is 0. The molecule has 0 aromatic heterocycles. The first-order chi connectivity index (χ1) is 6.54. The molecule has 0 fully saturated rings. The second-order valence-electron chi connectivity index (χ2n) is 1.87. The van der Waals surface area contributed by atoms with Crippen molar-refractivity contribution in [1.82, 2.24) is 0 Å². The second-order valence-corrected chi connectivity index (χ2v) is 1.87. The fraction of sp³-hybridized carbons (Fsp3) is 0. The molecule has 4 nitrogen and oxygen atoms in total. The highest BCUT2D eigenvalue weighted by atomic mass is 16.4. The SMILES string of the molecule is C=CC=CC(=O)O.C=CC=CC(=O)O. The Bertz CT molecular complexity index is 233. The van der Waals surface area contributed by atoms with Gasteiger partial charge in [0.2, 0.25) is 0 Å².